The third kappa shape index (κ3) is 2.43. The van der Waals surface area contributed by atoms with Crippen LogP contribution in [0.5, 0.6) is 0 Å². The molecule has 1 heterocycles. The van der Waals surface area contributed by atoms with Crippen LogP contribution in [0.4, 0.5) is 5.69 Å². The average molecular weight is 246 g/mol. The van der Waals surface area contributed by atoms with Gasteiger partial charge in [-0.1, -0.05) is 12.1 Å². The maximum absolute atomic E-state index is 11.8. The van der Waals surface area contributed by atoms with E-state index in [2.05, 4.69) is 0 Å². The van der Waals surface area contributed by atoms with E-state index in [0.717, 1.165) is 30.6 Å². The molecule has 1 aromatic rings. The number of Topliss-reactive ketones (excluding diaryl/α,β-unsaturated/α-hetero) is 1. The van der Waals surface area contributed by atoms with Crippen molar-refractivity contribution in [2.75, 3.05) is 18.0 Å². The van der Waals surface area contributed by atoms with Gasteiger partial charge in [-0.2, -0.15) is 0 Å². The number of hydrogen-bond acceptors (Lipinski definition) is 3. The van der Waals surface area contributed by atoms with Crippen LogP contribution in [0, 0.1) is 0 Å². The lowest BCUT2D eigenvalue weighted by molar-refractivity contribution is -0.116. The number of benzene rings is 1. The molecular weight excluding hydrogens is 228 g/mol. The van der Waals surface area contributed by atoms with E-state index in [1.807, 2.05) is 18.2 Å². The molecule has 0 aromatic heterocycles. The number of carbonyl (C=O) groups excluding carboxylic acids is 2. The van der Waals surface area contributed by atoms with Gasteiger partial charge in [-0.15, -0.1) is 0 Å². The second kappa shape index (κ2) is 5.31. The van der Waals surface area contributed by atoms with E-state index in [4.69, 9.17) is 5.73 Å². The molecule has 0 fully saturated rings. The molecule has 2 N–H and O–H groups in total. The second-order valence-corrected chi connectivity index (χ2v) is 4.58. The van der Waals surface area contributed by atoms with Crippen LogP contribution in [-0.4, -0.2) is 24.8 Å². The van der Waals surface area contributed by atoms with Gasteiger partial charge in [-0.05, 0) is 31.0 Å². The maximum Gasteiger partial charge on any atom is 0.223 e. The van der Waals surface area contributed by atoms with E-state index in [1.54, 1.807) is 11.8 Å². The molecule has 1 aromatic carbocycles. The van der Waals surface area contributed by atoms with Crippen LogP contribution in [0.15, 0.2) is 18.2 Å². The molecular formula is C14H18N2O2. The molecule has 0 saturated carbocycles. The number of aryl methyl sites for hydroxylation is 1. The van der Waals surface area contributed by atoms with Crippen molar-refractivity contribution >= 4 is 17.4 Å². The third-order valence-corrected chi connectivity index (χ3v) is 3.28. The number of amides is 1. The number of carbonyl (C=O) groups is 2. The van der Waals surface area contributed by atoms with Gasteiger partial charge in [0.05, 0.1) is 0 Å². The highest BCUT2D eigenvalue weighted by atomic mass is 16.2. The first kappa shape index (κ1) is 12.8. The Morgan fingerprint density at radius 3 is 2.83 bits per heavy atom. The summed E-state index contributed by atoms with van der Waals surface area (Å²) in [5, 5.41) is 0. The maximum atomic E-state index is 11.8. The lowest BCUT2D eigenvalue weighted by Gasteiger charge is -2.29. The molecule has 2 rings (SSSR count). The van der Waals surface area contributed by atoms with Crippen molar-refractivity contribution in [1.29, 1.82) is 0 Å². The van der Waals surface area contributed by atoms with Crippen LogP contribution in [-0.2, 0) is 11.2 Å². The van der Waals surface area contributed by atoms with Gasteiger partial charge in [0.2, 0.25) is 5.91 Å². The van der Waals surface area contributed by atoms with Crippen molar-refractivity contribution in [1.82, 2.24) is 0 Å². The largest absolute Gasteiger partial charge is 0.330 e. The number of hydrogen-bond donors (Lipinski definition) is 1. The first-order chi connectivity index (χ1) is 8.63. The van der Waals surface area contributed by atoms with E-state index in [1.165, 1.54) is 0 Å². The van der Waals surface area contributed by atoms with Crippen LogP contribution >= 0.6 is 0 Å². The van der Waals surface area contributed by atoms with Gasteiger partial charge in [0.15, 0.2) is 5.78 Å². The third-order valence-electron chi connectivity index (χ3n) is 3.28. The Kier molecular flexibility index (Phi) is 3.77. The summed E-state index contributed by atoms with van der Waals surface area (Å²) in [5.41, 5.74) is 8.07. The van der Waals surface area contributed by atoms with Crippen molar-refractivity contribution in [3.8, 4) is 0 Å². The van der Waals surface area contributed by atoms with Crippen molar-refractivity contribution in [3.63, 3.8) is 0 Å². The van der Waals surface area contributed by atoms with Crippen LogP contribution in [0.1, 0.15) is 35.7 Å². The molecule has 0 atom stereocenters. The first-order valence-corrected chi connectivity index (χ1v) is 6.28. The Bertz CT molecular complexity index is 483. The van der Waals surface area contributed by atoms with E-state index in [-0.39, 0.29) is 11.7 Å². The number of fused-ring (bicyclic) bond motifs is 1. The number of rotatable bonds is 3. The Balaban J connectivity index is 2.36. The topological polar surface area (TPSA) is 63.4 Å². The molecule has 0 saturated heterocycles. The van der Waals surface area contributed by atoms with Gasteiger partial charge in [0.1, 0.15) is 0 Å². The molecule has 0 unspecified atom stereocenters. The minimum Gasteiger partial charge on any atom is -0.330 e. The van der Waals surface area contributed by atoms with Crippen molar-refractivity contribution in [3.05, 3.63) is 29.3 Å². The van der Waals surface area contributed by atoms with Crippen molar-refractivity contribution in [2.45, 2.75) is 26.2 Å². The molecule has 0 bridgehead atoms. The fourth-order valence-corrected chi connectivity index (χ4v) is 2.35. The van der Waals surface area contributed by atoms with E-state index >= 15 is 0 Å². The van der Waals surface area contributed by atoms with Gasteiger partial charge in [-0.3, -0.25) is 9.59 Å². The Morgan fingerprint density at radius 2 is 2.17 bits per heavy atom. The highest BCUT2D eigenvalue weighted by Gasteiger charge is 2.21. The van der Waals surface area contributed by atoms with Crippen molar-refractivity contribution < 1.29 is 9.59 Å². The van der Waals surface area contributed by atoms with E-state index in [9.17, 15) is 9.59 Å². The zero-order chi connectivity index (χ0) is 13.1. The normalized spacial score (nSPS) is 14.2. The average Bonchev–Trinajstić information content (AvgIpc) is 2.37. The molecule has 1 aliphatic rings. The summed E-state index contributed by atoms with van der Waals surface area (Å²) in [6.45, 7) is 2.65. The lowest BCUT2D eigenvalue weighted by atomic mass is 9.97. The zero-order valence-corrected chi connectivity index (χ0v) is 10.6. The summed E-state index contributed by atoms with van der Waals surface area (Å²) in [6.07, 6.45) is 2.28. The van der Waals surface area contributed by atoms with Gasteiger partial charge < -0.3 is 10.6 Å². The fourth-order valence-electron chi connectivity index (χ4n) is 2.35. The molecule has 1 amide bonds. The van der Waals surface area contributed by atoms with Crippen LogP contribution in [0.2, 0.25) is 0 Å². The van der Waals surface area contributed by atoms with Crippen LogP contribution in [0.3, 0.4) is 0 Å². The van der Waals surface area contributed by atoms with Crippen LogP contribution in [0.25, 0.3) is 0 Å². The van der Waals surface area contributed by atoms with Gasteiger partial charge in [0, 0.05) is 31.1 Å². The van der Waals surface area contributed by atoms with Gasteiger partial charge >= 0.3 is 0 Å². The summed E-state index contributed by atoms with van der Waals surface area (Å²) < 4.78 is 0. The Hall–Kier alpha value is -1.68. The molecule has 4 nitrogen and oxygen atoms in total. The molecule has 1 aliphatic heterocycles. The number of ketones is 1. The smallest absolute Gasteiger partial charge is 0.223 e. The standard InChI is InChI=1S/C14H18N2O2/c1-10(17)16-8-2-3-11-4-5-12(9-13(11)16)14(18)6-7-15/h4-5,9H,2-3,6-8,15H2,1H3. The summed E-state index contributed by atoms with van der Waals surface area (Å²) in [4.78, 5) is 25.2. The second-order valence-electron chi connectivity index (χ2n) is 4.58. The monoisotopic (exact) mass is 246 g/mol. The first-order valence-electron chi connectivity index (χ1n) is 6.28. The van der Waals surface area contributed by atoms with Crippen molar-refractivity contribution in [2.24, 2.45) is 5.73 Å². The molecule has 4 heteroatoms. The number of nitrogens with two attached hydrogens (primary N) is 1. The predicted molar refractivity (Wildman–Crippen MR) is 70.8 cm³/mol. The Morgan fingerprint density at radius 1 is 1.39 bits per heavy atom. The number of nitrogens with zero attached hydrogens (tertiary/aromatic N) is 1. The summed E-state index contributed by atoms with van der Waals surface area (Å²) in [6, 6.07) is 5.61. The number of anilines is 1. The molecule has 0 aliphatic carbocycles. The highest BCUT2D eigenvalue weighted by Crippen LogP contribution is 2.28. The molecule has 96 valence electrons. The fraction of sp³-hybridized carbons (Fsp3) is 0.429. The zero-order valence-electron chi connectivity index (χ0n) is 10.6. The van der Waals surface area contributed by atoms with Gasteiger partial charge in [-0.25, -0.2) is 0 Å². The molecule has 18 heavy (non-hydrogen) atoms. The van der Waals surface area contributed by atoms with Crippen LogP contribution < -0.4 is 10.6 Å². The summed E-state index contributed by atoms with van der Waals surface area (Å²) in [7, 11) is 0. The minimum atomic E-state index is 0.0272. The van der Waals surface area contributed by atoms with Gasteiger partial charge in [0.25, 0.3) is 0 Å². The molecule has 0 radical (unpaired) electrons. The van der Waals surface area contributed by atoms with E-state index in [0.29, 0.717) is 18.5 Å². The van der Waals surface area contributed by atoms with E-state index < -0.39 is 0 Å². The highest BCUT2D eigenvalue weighted by molar-refractivity contribution is 5.99. The summed E-state index contributed by atoms with van der Waals surface area (Å²) >= 11 is 0. The quantitative estimate of drug-likeness (QED) is 0.822. The minimum absolute atomic E-state index is 0.0272. The predicted octanol–water partition coefficient (Wildman–Crippen LogP) is 1.52. The Labute approximate surface area is 107 Å². The lowest BCUT2D eigenvalue weighted by Crippen LogP contribution is -2.33. The molecule has 0 spiro atoms. The SMILES string of the molecule is CC(=O)N1CCCc2ccc(C(=O)CCN)cc21. The summed E-state index contributed by atoms with van der Waals surface area (Å²) in [5.74, 6) is 0.0637.